The molecular weight excluding hydrogens is 246 g/mol. The van der Waals surface area contributed by atoms with Crippen molar-refractivity contribution in [1.82, 2.24) is 0 Å². The summed E-state index contributed by atoms with van der Waals surface area (Å²) in [5.41, 5.74) is 2.07. The van der Waals surface area contributed by atoms with Gasteiger partial charge in [0.05, 0.1) is 4.92 Å². The van der Waals surface area contributed by atoms with Gasteiger partial charge in [-0.25, -0.2) is 0 Å². The standard InChI is InChI=1S/C11H10ClNO4/c1-8(5-12)7-17-11-3-2-9(6-14)4-10(11)13(15)16/h2-6H,7H2,1H3/b8-5-. The fourth-order valence-electron chi connectivity index (χ4n) is 1.10. The molecule has 0 spiro atoms. The van der Waals surface area contributed by atoms with Crippen molar-refractivity contribution >= 4 is 23.6 Å². The van der Waals surface area contributed by atoms with Crippen LogP contribution < -0.4 is 4.74 Å². The summed E-state index contributed by atoms with van der Waals surface area (Å²) < 4.78 is 5.24. The molecular formula is C11H10ClNO4. The maximum atomic E-state index is 10.8. The Morgan fingerprint density at radius 3 is 2.82 bits per heavy atom. The molecule has 0 aliphatic carbocycles. The number of nitro groups is 1. The molecule has 0 saturated carbocycles. The van der Waals surface area contributed by atoms with Crippen molar-refractivity contribution in [3.63, 3.8) is 0 Å². The van der Waals surface area contributed by atoms with Crippen molar-refractivity contribution in [1.29, 1.82) is 0 Å². The van der Waals surface area contributed by atoms with E-state index in [9.17, 15) is 14.9 Å². The highest BCUT2D eigenvalue weighted by Crippen LogP contribution is 2.27. The first-order valence-electron chi connectivity index (χ1n) is 4.70. The normalized spacial score (nSPS) is 11.1. The van der Waals surface area contributed by atoms with Gasteiger partial charge in [-0.15, -0.1) is 0 Å². The van der Waals surface area contributed by atoms with E-state index in [-0.39, 0.29) is 23.6 Å². The third kappa shape index (κ3) is 3.57. The molecule has 0 amide bonds. The molecule has 1 aromatic rings. The first-order valence-corrected chi connectivity index (χ1v) is 5.14. The van der Waals surface area contributed by atoms with Crippen LogP contribution >= 0.6 is 11.6 Å². The van der Waals surface area contributed by atoms with E-state index in [2.05, 4.69) is 0 Å². The summed E-state index contributed by atoms with van der Waals surface area (Å²) in [6.07, 6.45) is 0.542. The van der Waals surface area contributed by atoms with E-state index in [1.54, 1.807) is 6.92 Å². The number of hydrogen-bond donors (Lipinski definition) is 0. The van der Waals surface area contributed by atoms with Gasteiger partial charge >= 0.3 is 5.69 Å². The Hall–Kier alpha value is -1.88. The molecule has 1 aromatic carbocycles. The summed E-state index contributed by atoms with van der Waals surface area (Å²) in [4.78, 5) is 20.7. The smallest absolute Gasteiger partial charge is 0.311 e. The maximum Gasteiger partial charge on any atom is 0.311 e. The van der Waals surface area contributed by atoms with Gasteiger partial charge in [0.15, 0.2) is 5.75 Å². The highest BCUT2D eigenvalue weighted by Gasteiger charge is 2.15. The zero-order valence-electron chi connectivity index (χ0n) is 9.05. The van der Waals surface area contributed by atoms with Gasteiger partial charge in [0.25, 0.3) is 0 Å². The van der Waals surface area contributed by atoms with Gasteiger partial charge in [-0.3, -0.25) is 14.9 Å². The summed E-state index contributed by atoms with van der Waals surface area (Å²) in [6.45, 7) is 1.89. The van der Waals surface area contributed by atoms with Crippen molar-refractivity contribution < 1.29 is 14.5 Å². The molecule has 0 fully saturated rings. The molecule has 5 nitrogen and oxygen atoms in total. The third-order valence-electron chi connectivity index (χ3n) is 1.96. The average Bonchev–Trinajstić information content (AvgIpc) is 2.35. The molecule has 0 N–H and O–H groups in total. The quantitative estimate of drug-likeness (QED) is 0.461. The Bertz CT molecular complexity index is 471. The van der Waals surface area contributed by atoms with E-state index >= 15 is 0 Å². The van der Waals surface area contributed by atoms with Crippen LogP contribution in [0, 0.1) is 10.1 Å². The molecule has 0 aromatic heterocycles. The molecule has 0 atom stereocenters. The number of nitro benzene ring substituents is 1. The summed E-state index contributed by atoms with van der Waals surface area (Å²) >= 11 is 5.45. The number of carbonyl (C=O) groups is 1. The minimum Gasteiger partial charge on any atom is -0.482 e. The monoisotopic (exact) mass is 255 g/mol. The molecule has 0 radical (unpaired) electrons. The number of halogens is 1. The van der Waals surface area contributed by atoms with Crippen LogP contribution in [0.1, 0.15) is 17.3 Å². The van der Waals surface area contributed by atoms with Crippen LogP contribution in [0.4, 0.5) is 5.69 Å². The molecule has 0 bridgehead atoms. The molecule has 0 aliphatic heterocycles. The van der Waals surface area contributed by atoms with Crippen molar-refractivity contribution in [2.24, 2.45) is 0 Å². The molecule has 6 heteroatoms. The second-order valence-electron chi connectivity index (χ2n) is 3.35. The topological polar surface area (TPSA) is 69.4 Å². The lowest BCUT2D eigenvalue weighted by atomic mass is 10.2. The zero-order chi connectivity index (χ0) is 12.8. The molecule has 0 unspecified atom stereocenters. The number of carbonyl (C=O) groups excluding carboxylic acids is 1. The Morgan fingerprint density at radius 1 is 1.59 bits per heavy atom. The Kier molecular flexibility index (Phi) is 4.66. The van der Waals surface area contributed by atoms with Gasteiger partial charge in [0.1, 0.15) is 12.9 Å². The Balaban J connectivity index is 2.98. The van der Waals surface area contributed by atoms with Gasteiger partial charge in [0.2, 0.25) is 0 Å². The number of ether oxygens (including phenoxy) is 1. The molecule has 90 valence electrons. The summed E-state index contributed by atoms with van der Waals surface area (Å²) in [5, 5.41) is 10.8. The molecule has 1 rings (SSSR count). The van der Waals surface area contributed by atoms with Crippen molar-refractivity contribution in [3.05, 3.63) is 45.0 Å². The number of benzene rings is 1. The number of aldehydes is 1. The van der Waals surface area contributed by atoms with Crippen LogP contribution in [-0.2, 0) is 0 Å². The van der Waals surface area contributed by atoms with Crippen molar-refractivity contribution in [2.75, 3.05) is 6.61 Å². The van der Waals surface area contributed by atoms with E-state index < -0.39 is 4.92 Å². The van der Waals surface area contributed by atoms with Crippen LogP contribution in [0.3, 0.4) is 0 Å². The number of hydrogen-bond acceptors (Lipinski definition) is 4. The summed E-state index contributed by atoms with van der Waals surface area (Å²) in [5.74, 6) is 0.110. The maximum absolute atomic E-state index is 10.8. The molecule has 0 heterocycles. The van der Waals surface area contributed by atoms with Gasteiger partial charge in [-0.1, -0.05) is 11.6 Å². The van der Waals surface area contributed by atoms with Gasteiger partial charge in [-0.05, 0) is 24.6 Å². The van der Waals surface area contributed by atoms with Crippen LogP contribution in [0.5, 0.6) is 5.75 Å². The predicted molar refractivity (Wildman–Crippen MR) is 63.6 cm³/mol. The first-order chi connectivity index (χ1) is 8.08. The highest BCUT2D eigenvalue weighted by molar-refractivity contribution is 6.25. The SMILES string of the molecule is C/C(=C/Cl)COc1ccc(C=O)cc1[N+](=O)[O-]. The van der Waals surface area contributed by atoms with E-state index in [0.717, 1.165) is 5.57 Å². The van der Waals surface area contributed by atoms with Gasteiger partial charge in [0, 0.05) is 17.2 Å². The number of rotatable bonds is 5. The Labute approximate surface area is 103 Å². The summed E-state index contributed by atoms with van der Waals surface area (Å²) in [7, 11) is 0. The van der Waals surface area contributed by atoms with Crippen molar-refractivity contribution in [2.45, 2.75) is 6.92 Å². The van der Waals surface area contributed by atoms with Crippen LogP contribution in [-0.4, -0.2) is 17.8 Å². The highest BCUT2D eigenvalue weighted by atomic mass is 35.5. The van der Waals surface area contributed by atoms with Crippen LogP contribution in [0.25, 0.3) is 0 Å². The fourth-order valence-corrected chi connectivity index (χ4v) is 1.16. The van der Waals surface area contributed by atoms with E-state index in [4.69, 9.17) is 16.3 Å². The lowest BCUT2D eigenvalue weighted by Gasteiger charge is -2.06. The molecule has 17 heavy (non-hydrogen) atoms. The molecule has 0 aliphatic rings. The van der Waals surface area contributed by atoms with E-state index in [1.165, 1.54) is 23.7 Å². The van der Waals surface area contributed by atoms with Gasteiger partial charge in [-0.2, -0.15) is 0 Å². The van der Waals surface area contributed by atoms with E-state index in [1.807, 2.05) is 0 Å². The molecule has 0 saturated heterocycles. The zero-order valence-corrected chi connectivity index (χ0v) is 9.81. The second kappa shape index (κ2) is 6.00. The number of nitrogens with zero attached hydrogens (tertiary/aromatic N) is 1. The fraction of sp³-hybridized carbons (Fsp3) is 0.182. The van der Waals surface area contributed by atoms with Crippen molar-refractivity contribution in [3.8, 4) is 5.75 Å². The largest absolute Gasteiger partial charge is 0.482 e. The predicted octanol–water partition coefficient (Wildman–Crippen LogP) is 2.93. The lowest BCUT2D eigenvalue weighted by Crippen LogP contribution is -2.02. The first kappa shape index (κ1) is 13.2. The summed E-state index contributed by atoms with van der Waals surface area (Å²) in [6, 6.07) is 4.01. The van der Waals surface area contributed by atoms with Crippen LogP contribution in [0.15, 0.2) is 29.3 Å². The average molecular weight is 256 g/mol. The van der Waals surface area contributed by atoms with Crippen LogP contribution in [0.2, 0.25) is 0 Å². The minimum atomic E-state index is -0.595. The van der Waals surface area contributed by atoms with E-state index in [0.29, 0.717) is 6.29 Å². The third-order valence-corrected chi connectivity index (χ3v) is 2.33. The van der Waals surface area contributed by atoms with Gasteiger partial charge < -0.3 is 4.74 Å². The Morgan fingerprint density at radius 2 is 2.29 bits per heavy atom. The second-order valence-corrected chi connectivity index (χ2v) is 3.56. The minimum absolute atomic E-state index is 0.110. The lowest BCUT2D eigenvalue weighted by molar-refractivity contribution is -0.385.